The van der Waals surface area contributed by atoms with E-state index in [9.17, 15) is 10.1 Å². The van der Waals surface area contributed by atoms with Gasteiger partial charge in [0.25, 0.3) is 5.69 Å². The standard InChI is InChI=1S/C19H13ClN2O2/c1-12-16(8-9-21)19-11-15(22(23)24)6-7-17(19)18(12)10-13-2-4-14(20)5-3-13/h2-7,10-11H,8H2,1H3. The molecule has 0 N–H and O–H groups in total. The van der Waals surface area contributed by atoms with Gasteiger partial charge < -0.3 is 0 Å². The van der Waals surface area contributed by atoms with Crippen LogP contribution < -0.4 is 0 Å². The summed E-state index contributed by atoms with van der Waals surface area (Å²) < 4.78 is 0. The number of nitrogens with zero attached hydrogens (tertiary/aromatic N) is 2. The van der Waals surface area contributed by atoms with Crippen LogP contribution in [0.25, 0.3) is 17.2 Å². The second-order valence-corrected chi connectivity index (χ2v) is 5.97. The Morgan fingerprint density at radius 2 is 1.92 bits per heavy atom. The molecule has 1 aliphatic rings. The Morgan fingerprint density at radius 1 is 1.21 bits per heavy atom. The van der Waals surface area contributed by atoms with Crippen LogP contribution in [0.3, 0.4) is 0 Å². The summed E-state index contributed by atoms with van der Waals surface area (Å²) in [7, 11) is 0. The van der Waals surface area contributed by atoms with Crippen molar-refractivity contribution in [1.29, 1.82) is 5.26 Å². The predicted octanol–water partition coefficient (Wildman–Crippen LogP) is 5.49. The van der Waals surface area contributed by atoms with Gasteiger partial charge in [-0.2, -0.15) is 5.26 Å². The molecule has 0 saturated carbocycles. The number of allylic oxidation sites excluding steroid dienone is 3. The Labute approximate surface area is 144 Å². The van der Waals surface area contributed by atoms with Gasteiger partial charge in [0.1, 0.15) is 0 Å². The first-order valence-corrected chi connectivity index (χ1v) is 7.72. The van der Waals surface area contributed by atoms with E-state index in [0.29, 0.717) is 5.02 Å². The predicted molar refractivity (Wildman–Crippen MR) is 95.2 cm³/mol. The number of rotatable bonds is 3. The first-order chi connectivity index (χ1) is 11.5. The number of nitriles is 1. The summed E-state index contributed by atoms with van der Waals surface area (Å²) >= 11 is 5.92. The van der Waals surface area contributed by atoms with Gasteiger partial charge in [0.15, 0.2) is 0 Å². The van der Waals surface area contributed by atoms with Gasteiger partial charge in [-0.1, -0.05) is 23.7 Å². The van der Waals surface area contributed by atoms with Crippen molar-refractivity contribution >= 4 is 34.5 Å². The van der Waals surface area contributed by atoms with Gasteiger partial charge in [-0.15, -0.1) is 0 Å². The molecule has 4 nitrogen and oxygen atoms in total. The number of nitro groups is 1. The maximum Gasteiger partial charge on any atom is 0.270 e. The Morgan fingerprint density at radius 3 is 2.54 bits per heavy atom. The van der Waals surface area contributed by atoms with Crippen LogP contribution >= 0.6 is 11.6 Å². The molecular formula is C19H13ClN2O2. The summed E-state index contributed by atoms with van der Waals surface area (Å²) in [6.07, 6.45) is 2.23. The van der Waals surface area contributed by atoms with Crippen LogP contribution in [0.4, 0.5) is 5.69 Å². The summed E-state index contributed by atoms with van der Waals surface area (Å²) in [5.41, 5.74) is 5.49. The zero-order valence-electron chi connectivity index (χ0n) is 12.9. The van der Waals surface area contributed by atoms with Gasteiger partial charge in [0.2, 0.25) is 0 Å². The third kappa shape index (κ3) is 2.82. The van der Waals surface area contributed by atoms with Gasteiger partial charge >= 0.3 is 0 Å². The molecule has 1 aliphatic carbocycles. The molecule has 0 bridgehead atoms. The molecule has 3 rings (SSSR count). The van der Waals surface area contributed by atoms with E-state index >= 15 is 0 Å². The summed E-state index contributed by atoms with van der Waals surface area (Å²) in [6, 6.07) is 14.4. The topological polar surface area (TPSA) is 66.9 Å². The second-order valence-electron chi connectivity index (χ2n) is 5.54. The molecule has 0 amide bonds. The Bertz CT molecular complexity index is 935. The lowest BCUT2D eigenvalue weighted by atomic mass is 10.00. The van der Waals surface area contributed by atoms with Crippen LogP contribution in [0.1, 0.15) is 30.0 Å². The molecule has 0 radical (unpaired) electrons. The van der Waals surface area contributed by atoms with E-state index < -0.39 is 4.92 Å². The third-order valence-electron chi connectivity index (χ3n) is 4.12. The van der Waals surface area contributed by atoms with Crippen molar-refractivity contribution in [2.45, 2.75) is 13.3 Å². The molecule has 0 heterocycles. The van der Waals surface area contributed by atoms with E-state index in [1.165, 1.54) is 6.07 Å². The largest absolute Gasteiger partial charge is 0.270 e. The molecule has 5 heteroatoms. The molecule has 24 heavy (non-hydrogen) atoms. The Kier molecular flexibility index (Phi) is 4.20. The van der Waals surface area contributed by atoms with Crippen LogP contribution in [-0.4, -0.2) is 4.92 Å². The number of nitro benzene ring substituents is 1. The highest BCUT2D eigenvalue weighted by atomic mass is 35.5. The first kappa shape index (κ1) is 16.0. The van der Waals surface area contributed by atoms with Crippen molar-refractivity contribution in [1.82, 2.24) is 0 Å². The van der Waals surface area contributed by atoms with E-state index in [0.717, 1.165) is 33.4 Å². The lowest BCUT2D eigenvalue weighted by Crippen LogP contribution is -1.91. The van der Waals surface area contributed by atoms with Gasteiger partial charge in [-0.05, 0) is 64.6 Å². The molecular weight excluding hydrogens is 324 g/mol. The number of non-ortho nitro benzene ring substituents is 1. The van der Waals surface area contributed by atoms with Gasteiger partial charge in [-0.3, -0.25) is 10.1 Å². The zero-order valence-corrected chi connectivity index (χ0v) is 13.7. The number of fused-ring (bicyclic) bond motifs is 1. The highest BCUT2D eigenvalue weighted by Gasteiger charge is 2.25. The lowest BCUT2D eigenvalue weighted by molar-refractivity contribution is -0.384. The van der Waals surface area contributed by atoms with E-state index in [1.54, 1.807) is 12.1 Å². The third-order valence-corrected chi connectivity index (χ3v) is 4.37. The average Bonchev–Trinajstić information content (AvgIpc) is 2.82. The molecule has 118 valence electrons. The van der Waals surface area contributed by atoms with Crippen LogP contribution in [0.5, 0.6) is 0 Å². The first-order valence-electron chi connectivity index (χ1n) is 7.35. The molecule has 2 aromatic rings. The van der Waals surface area contributed by atoms with Crippen molar-refractivity contribution in [2.75, 3.05) is 0 Å². The summed E-state index contributed by atoms with van der Waals surface area (Å²) in [6.45, 7) is 1.94. The maximum absolute atomic E-state index is 11.0. The molecule has 0 aliphatic heterocycles. The minimum Gasteiger partial charge on any atom is -0.258 e. The van der Waals surface area contributed by atoms with Crippen molar-refractivity contribution in [3.05, 3.63) is 79.9 Å². The molecule has 0 aromatic heterocycles. The molecule has 0 spiro atoms. The van der Waals surface area contributed by atoms with Gasteiger partial charge in [0, 0.05) is 17.2 Å². The highest BCUT2D eigenvalue weighted by Crippen LogP contribution is 2.44. The number of benzene rings is 2. The van der Waals surface area contributed by atoms with Gasteiger partial charge in [0.05, 0.1) is 17.4 Å². The fraction of sp³-hybridized carbons (Fsp3) is 0.105. The van der Waals surface area contributed by atoms with Crippen molar-refractivity contribution < 1.29 is 4.92 Å². The average molecular weight is 337 g/mol. The van der Waals surface area contributed by atoms with E-state index in [-0.39, 0.29) is 12.1 Å². The van der Waals surface area contributed by atoms with Crippen molar-refractivity contribution in [3.8, 4) is 6.07 Å². The van der Waals surface area contributed by atoms with E-state index in [4.69, 9.17) is 16.9 Å². The number of hydrogen-bond acceptors (Lipinski definition) is 3. The summed E-state index contributed by atoms with van der Waals surface area (Å²) in [4.78, 5) is 10.6. The van der Waals surface area contributed by atoms with E-state index in [1.807, 2.05) is 37.3 Å². The number of halogens is 1. The molecule has 0 unspecified atom stereocenters. The molecule has 0 saturated heterocycles. The zero-order chi connectivity index (χ0) is 17.3. The second kappa shape index (κ2) is 6.31. The summed E-state index contributed by atoms with van der Waals surface area (Å²) in [5.74, 6) is 0. The van der Waals surface area contributed by atoms with Gasteiger partial charge in [-0.25, -0.2) is 0 Å². The van der Waals surface area contributed by atoms with E-state index in [2.05, 4.69) is 6.07 Å². The van der Waals surface area contributed by atoms with Crippen LogP contribution in [-0.2, 0) is 0 Å². The Balaban J connectivity index is 2.17. The Hall–Kier alpha value is -2.90. The van der Waals surface area contributed by atoms with Crippen molar-refractivity contribution in [2.24, 2.45) is 0 Å². The highest BCUT2D eigenvalue weighted by molar-refractivity contribution is 6.30. The smallest absolute Gasteiger partial charge is 0.258 e. The summed E-state index contributed by atoms with van der Waals surface area (Å²) in [5, 5.41) is 20.8. The molecule has 0 atom stereocenters. The molecule has 2 aromatic carbocycles. The van der Waals surface area contributed by atoms with Crippen LogP contribution in [0, 0.1) is 21.4 Å². The SMILES string of the molecule is CC1=C(CC#N)c2cc([N+](=O)[O-])ccc2C1=Cc1ccc(Cl)cc1. The lowest BCUT2D eigenvalue weighted by Gasteiger charge is -2.04. The quantitative estimate of drug-likeness (QED) is 0.549. The maximum atomic E-state index is 11.0. The van der Waals surface area contributed by atoms with Crippen LogP contribution in [0.2, 0.25) is 5.02 Å². The fourth-order valence-electron chi connectivity index (χ4n) is 2.92. The number of hydrogen-bond donors (Lipinski definition) is 0. The van der Waals surface area contributed by atoms with Crippen LogP contribution in [0.15, 0.2) is 48.0 Å². The monoisotopic (exact) mass is 336 g/mol. The molecule has 0 fully saturated rings. The minimum atomic E-state index is -0.416. The normalized spacial score (nSPS) is 14.6. The minimum absolute atomic E-state index is 0.0322. The fourth-order valence-corrected chi connectivity index (χ4v) is 3.04. The van der Waals surface area contributed by atoms with Crippen molar-refractivity contribution in [3.63, 3.8) is 0 Å².